The van der Waals surface area contributed by atoms with E-state index in [0.29, 0.717) is 31.0 Å². The van der Waals surface area contributed by atoms with Gasteiger partial charge in [0.25, 0.3) is 0 Å². The molecule has 1 fully saturated rings. The SMILES string of the molecule is Cc1nc(N2CCC(CC(=O)Nc3ccccc3)CC2)c(C#N)cc1C(=O)O. The summed E-state index contributed by atoms with van der Waals surface area (Å²) in [5.41, 5.74) is 1.50. The van der Waals surface area contributed by atoms with E-state index in [2.05, 4.69) is 16.4 Å². The number of nitriles is 1. The van der Waals surface area contributed by atoms with E-state index in [1.807, 2.05) is 35.2 Å². The van der Waals surface area contributed by atoms with Gasteiger partial charge in [0.1, 0.15) is 11.9 Å². The van der Waals surface area contributed by atoms with Gasteiger partial charge in [0, 0.05) is 25.2 Å². The zero-order chi connectivity index (χ0) is 20.1. The van der Waals surface area contributed by atoms with E-state index < -0.39 is 5.97 Å². The van der Waals surface area contributed by atoms with Crippen LogP contribution in [-0.4, -0.2) is 35.1 Å². The molecule has 1 aliphatic rings. The number of pyridine rings is 1. The number of anilines is 2. The Hall–Kier alpha value is -3.40. The van der Waals surface area contributed by atoms with Crippen LogP contribution in [-0.2, 0) is 4.79 Å². The van der Waals surface area contributed by atoms with Crippen molar-refractivity contribution in [3.05, 3.63) is 53.2 Å². The first-order valence-electron chi connectivity index (χ1n) is 9.23. The van der Waals surface area contributed by atoms with Crippen molar-refractivity contribution in [2.75, 3.05) is 23.3 Å². The van der Waals surface area contributed by atoms with E-state index >= 15 is 0 Å². The number of carbonyl (C=O) groups is 2. The maximum Gasteiger partial charge on any atom is 0.337 e. The van der Waals surface area contributed by atoms with Crippen LogP contribution >= 0.6 is 0 Å². The number of aromatic carboxylic acids is 1. The Bertz CT molecular complexity index is 913. The number of hydrogen-bond acceptors (Lipinski definition) is 5. The van der Waals surface area contributed by atoms with Gasteiger partial charge in [-0.05, 0) is 43.9 Å². The molecule has 2 heterocycles. The molecule has 0 bridgehead atoms. The van der Waals surface area contributed by atoms with E-state index in [4.69, 9.17) is 0 Å². The number of aromatic nitrogens is 1. The summed E-state index contributed by atoms with van der Waals surface area (Å²) >= 11 is 0. The third-order valence-electron chi connectivity index (χ3n) is 4.99. The van der Waals surface area contributed by atoms with Crippen LogP contribution in [0.3, 0.4) is 0 Å². The highest BCUT2D eigenvalue weighted by atomic mass is 16.4. The van der Waals surface area contributed by atoms with Gasteiger partial charge < -0.3 is 15.3 Å². The average Bonchev–Trinajstić information content (AvgIpc) is 2.69. The van der Waals surface area contributed by atoms with Gasteiger partial charge in [-0.1, -0.05) is 18.2 Å². The largest absolute Gasteiger partial charge is 0.478 e. The smallest absolute Gasteiger partial charge is 0.337 e. The number of para-hydroxylation sites is 1. The van der Waals surface area contributed by atoms with E-state index in [0.717, 1.165) is 18.5 Å². The van der Waals surface area contributed by atoms with Crippen LogP contribution < -0.4 is 10.2 Å². The molecule has 1 saturated heterocycles. The van der Waals surface area contributed by atoms with Gasteiger partial charge in [0.05, 0.1) is 16.8 Å². The lowest BCUT2D eigenvalue weighted by Crippen LogP contribution is -2.36. The summed E-state index contributed by atoms with van der Waals surface area (Å²) in [6.07, 6.45) is 2.08. The highest BCUT2D eigenvalue weighted by Gasteiger charge is 2.25. The molecule has 0 aliphatic carbocycles. The Kier molecular flexibility index (Phi) is 5.90. The maximum atomic E-state index is 12.2. The summed E-state index contributed by atoms with van der Waals surface area (Å²) in [5.74, 6) is -0.291. The van der Waals surface area contributed by atoms with Gasteiger partial charge in [-0.3, -0.25) is 4.79 Å². The number of carbonyl (C=O) groups excluding carboxylic acids is 1. The van der Waals surface area contributed by atoms with Crippen molar-refractivity contribution in [3.8, 4) is 6.07 Å². The molecule has 0 spiro atoms. The molecule has 3 rings (SSSR count). The summed E-state index contributed by atoms with van der Waals surface area (Å²) in [5, 5.41) is 21.5. The molecular weight excluding hydrogens is 356 g/mol. The van der Waals surface area contributed by atoms with Crippen molar-refractivity contribution in [2.45, 2.75) is 26.2 Å². The lowest BCUT2D eigenvalue weighted by Gasteiger charge is -2.33. The highest BCUT2D eigenvalue weighted by Crippen LogP contribution is 2.28. The summed E-state index contributed by atoms with van der Waals surface area (Å²) in [7, 11) is 0. The molecule has 28 heavy (non-hydrogen) atoms. The number of nitrogens with one attached hydrogen (secondary N) is 1. The van der Waals surface area contributed by atoms with Crippen molar-refractivity contribution in [1.82, 2.24) is 4.98 Å². The number of nitrogens with zero attached hydrogens (tertiary/aromatic N) is 3. The fraction of sp³-hybridized carbons (Fsp3) is 0.333. The predicted molar refractivity (Wildman–Crippen MR) is 105 cm³/mol. The predicted octanol–water partition coefficient (Wildman–Crippen LogP) is 3.21. The van der Waals surface area contributed by atoms with Gasteiger partial charge in [-0.25, -0.2) is 9.78 Å². The number of benzene rings is 1. The Labute approximate surface area is 163 Å². The van der Waals surface area contributed by atoms with Crippen molar-refractivity contribution < 1.29 is 14.7 Å². The quantitative estimate of drug-likeness (QED) is 0.827. The molecular formula is C21H22N4O3. The molecule has 0 saturated carbocycles. The Morgan fingerprint density at radius 1 is 1.29 bits per heavy atom. The minimum Gasteiger partial charge on any atom is -0.478 e. The van der Waals surface area contributed by atoms with E-state index in [9.17, 15) is 20.0 Å². The van der Waals surface area contributed by atoms with E-state index in [1.165, 1.54) is 6.07 Å². The zero-order valence-electron chi connectivity index (χ0n) is 15.7. The van der Waals surface area contributed by atoms with Crippen molar-refractivity contribution >= 4 is 23.4 Å². The maximum absolute atomic E-state index is 12.2. The van der Waals surface area contributed by atoms with Crippen LogP contribution in [0.15, 0.2) is 36.4 Å². The molecule has 144 valence electrons. The lowest BCUT2D eigenvalue weighted by atomic mass is 9.93. The number of piperidine rings is 1. The second kappa shape index (κ2) is 8.53. The molecule has 1 aromatic heterocycles. The third kappa shape index (κ3) is 4.46. The molecule has 0 unspecified atom stereocenters. The third-order valence-corrected chi connectivity index (χ3v) is 4.99. The zero-order valence-corrected chi connectivity index (χ0v) is 15.7. The Balaban J connectivity index is 1.61. The molecule has 2 aromatic rings. The molecule has 1 amide bonds. The first-order valence-corrected chi connectivity index (χ1v) is 9.23. The highest BCUT2D eigenvalue weighted by molar-refractivity contribution is 5.91. The standard InChI is InChI=1S/C21H22N4O3/c1-14-18(21(27)28)12-16(13-22)20(23-14)25-9-7-15(8-10-25)11-19(26)24-17-5-3-2-4-6-17/h2-6,12,15H,7-11H2,1H3,(H,24,26)(H,27,28). The number of carboxylic acid groups (broad SMARTS) is 1. The summed E-state index contributed by atoms with van der Waals surface area (Å²) in [6.45, 7) is 2.99. The molecule has 1 aliphatic heterocycles. The fourth-order valence-electron chi connectivity index (χ4n) is 3.48. The van der Waals surface area contributed by atoms with Crippen LogP contribution in [0.4, 0.5) is 11.5 Å². The van der Waals surface area contributed by atoms with Crippen LogP contribution in [0.25, 0.3) is 0 Å². The second-order valence-electron chi connectivity index (χ2n) is 6.96. The first-order chi connectivity index (χ1) is 13.5. The number of carboxylic acids is 1. The fourth-order valence-corrected chi connectivity index (χ4v) is 3.48. The minimum absolute atomic E-state index is 0.00199. The van der Waals surface area contributed by atoms with Gasteiger partial charge in [0.2, 0.25) is 5.91 Å². The van der Waals surface area contributed by atoms with Crippen LogP contribution in [0.5, 0.6) is 0 Å². The molecule has 2 N–H and O–H groups in total. The van der Waals surface area contributed by atoms with E-state index in [1.54, 1.807) is 6.92 Å². The first kappa shape index (κ1) is 19.4. The van der Waals surface area contributed by atoms with Crippen LogP contribution in [0.1, 0.15) is 40.9 Å². The van der Waals surface area contributed by atoms with Crippen molar-refractivity contribution in [1.29, 1.82) is 5.26 Å². The number of rotatable bonds is 5. The lowest BCUT2D eigenvalue weighted by molar-refractivity contribution is -0.117. The summed E-state index contributed by atoms with van der Waals surface area (Å²) < 4.78 is 0. The average molecular weight is 378 g/mol. The second-order valence-corrected chi connectivity index (χ2v) is 6.96. The molecule has 0 atom stereocenters. The summed E-state index contributed by atoms with van der Waals surface area (Å²) in [6, 6.07) is 12.8. The number of hydrogen-bond donors (Lipinski definition) is 2. The monoisotopic (exact) mass is 378 g/mol. The molecule has 1 aromatic carbocycles. The van der Waals surface area contributed by atoms with Crippen molar-refractivity contribution in [2.24, 2.45) is 5.92 Å². The van der Waals surface area contributed by atoms with Crippen LogP contribution in [0, 0.1) is 24.2 Å². The molecule has 0 radical (unpaired) electrons. The summed E-state index contributed by atoms with van der Waals surface area (Å²) in [4.78, 5) is 29.9. The van der Waals surface area contributed by atoms with Crippen molar-refractivity contribution in [3.63, 3.8) is 0 Å². The van der Waals surface area contributed by atoms with E-state index in [-0.39, 0.29) is 23.0 Å². The molecule has 7 heteroatoms. The molecule has 7 nitrogen and oxygen atoms in total. The Morgan fingerprint density at radius 2 is 1.96 bits per heavy atom. The van der Waals surface area contributed by atoms with Gasteiger partial charge in [-0.2, -0.15) is 5.26 Å². The number of aryl methyl sites for hydroxylation is 1. The van der Waals surface area contributed by atoms with Crippen LogP contribution in [0.2, 0.25) is 0 Å². The normalized spacial score (nSPS) is 14.4. The number of amides is 1. The van der Waals surface area contributed by atoms with Gasteiger partial charge in [0.15, 0.2) is 0 Å². The topological polar surface area (TPSA) is 106 Å². The van der Waals surface area contributed by atoms with Gasteiger partial charge in [-0.15, -0.1) is 0 Å². The van der Waals surface area contributed by atoms with Gasteiger partial charge >= 0.3 is 5.97 Å². The Morgan fingerprint density at radius 3 is 2.57 bits per heavy atom. The minimum atomic E-state index is -1.09.